The van der Waals surface area contributed by atoms with Crippen LogP contribution in [-0.4, -0.2) is 23.1 Å². The minimum absolute atomic E-state index is 0.557. The van der Waals surface area contributed by atoms with Gasteiger partial charge in [-0.05, 0) is 32.4 Å². The number of rotatable bonds is 4. The molecule has 1 aromatic rings. The summed E-state index contributed by atoms with van der Waals surface area (Å²) in [5, 5.41) is 10.3. The minimum atomic E-state index is 0.557. The molecule has 1 heterocycles. The molecular formula is C12H18N4. The molecule has 0 aromatic carbocycles. The van der Waals surface area contributed by atoms with Crippen LogP contribution >= 0.6 is 0 Å². The molecule has 0 aliphatic rings. The number of aromatic nitrogens is 1. The van der Waals surface area contributed by atoms with Crippen molar-refractivity contribution in [2.45, 2.75) is 27.3 Å². The lowest BCUT2D eigenvalue weighted by atomic mass is 10.2. The monoisotopic (exact) mass is 218 g/mol. The molecule has 0 spiro atoms. The number of aliphatic imine (C=N–C) groups is 1. The average molecular weight is 218 g/mol. The van der Waals surface area contributed by atoms with Crippen LogP contribution in [0.5, 0.6) is 0 Å². The summed E-state index contributed by atoms with van der Waals surface area (Å²) in [5.41, 5.74) is 2.71. The molecule has 0 aliphatic heterocycles. The Morgan fingerprint density at radius 2 is 2.19 bits per heavy atom. The third-order valence-electron chi connectivity index (χ3n) is 2.08. The van der Waals surface area contributed by atoms with Gasteiger partial charge in [0, 0.05) is 17.6 Å². The SMILES string of the molecule is CC(=N)CNC(C)=NCc1ccc(C)nc1. The van der Waals surface area contributed by atoms with Gasteiger partial charge in [0.15, 0.2) is 0 Å². The minimum Gasteiger partial charge on any atom is -0.369 e. The van der Waals surface area contributed by atoms with Gasteiger partial charge in [-0.25, -0.2) is 0 Å². The third-order valence-corrected chi connectivity index (χ3v) is 2.08. The van der Waals surface area contributed by atoms with Crippen molar-refractivity contribution in [1.29, 1.82) is 5.41 Å². The molecule has 0 aliphatic carbocycles. The number of amidine groups is 1. The van der Waals surface area contributed by atoms with Crippen molar-refractivity contribution in [2.75, 3.05) is 6.54 Å². The lowest BCUT2D eigenvalue weighted by Gasteiger charge is -2.04. The van der Waals surface area contributed by atoms with E-state index in [9.17, 15) is 0 Å². The van der Waals surface area contributed by atoms with E-state index in [0.717, 1.165) is 17.1 Å². The molecule has 0 fully saturated rings. The summed E-state index contributed by atoms with van der Waals surface area (Å²) >= 11 is 0. The lowest BCUT2D eigenvalue weighted by molar-refractivity contribution is 0.976. The molecule has 0 saturated heterocycles. The topological polar surface area (TPSA) is 61.1 Å². The van der Waals surface area contributed by atoms with Crippen LogP contribution in [0.15, 0.2) is 23.3 Å². The molecule has 1 aromatic heterocycles. The number of aryl methyl sites for hydroxylation is 1. The van der Waals surface area contributed by atoms with Crippen LogP contribution < -0.4 is 5.32 Å². The Kier molecular flexibility index (Phi) is 4.64. The summed E-state index contributed by atoms with van der Waals surface area (Å²) in [4.78, 5) is 8.57. The molecule has 4 nitrogen and oxygen atoms in total. The number of nitrogens with one attached hydrogen (secondary N) is 2. The first kappa shape index (κ1) is 12.4. The van der Waals surface area contributed by atoms with Crippen molar-refractivity contribution in [1.82, 2.24) is 10.3 Å². The van der Waals surface area contributed by atoms with E-state index in [1.807, 2.05) is 32.2 Å². The van der Waals surface area contributed by atoms with E-state index in [0.29, 0.717) is 18.8 Å². The zero-order valence-corrected chi connectivity index (χ0v) is 10.0. The first-order valence-corrected chi connectivity index (χ1v) is 5.28. The number of hydrogen-bond acceptors (Lipinski definition) is 3. The Morgan fingerprint density at radius 1 is 1.44 bits per heavy atom. The fourth-order valence-corrected chi connectivity index (χ4v) is 1.12. The summed E-state index contributed by atoms with van der Waals surface area (Å²) < 4.78 is 0. The maximum atomic E-state index is 7.28. The molecule has 2 N–H and O–H groups in total. The van der Waals surface area contributed by atoms with Crippen LogP contribution in [0.25, 0.3) is 0 Å². The van der Waals surface area contributed by atoms with E-state index >= 15 is 0 Å². The van der Waals surface area contributed by atoms with Gasteiger partial charge in [-0.15, -0.1) is 0 Å². The van der Waals surface area contributed by atoms with E-state index in [1.54, 1.807) is 6.92 Å². The van der Waals surface area contributed by atoms with E-state index < -0.39 is 0 Å². The fraction of sp³-hybridized carbons (Fsp3) is 0.417. The lowest BCUT2D eigenvalue weighted by Crippen LogP contribution is -2.25. The van der Waals surface area contributed by atoms with Gasteiger partial charge in [0.05, 0.1) is 18.9 Å². The van der Waals surface area contributed by atoms with Crippen LogP contribution in [-0.2, 0) is 6.54 Å². The molecule has 0 radical (unpaired) electrons. The highest BCUT2D eigenvalue weighted by molar-refractivity contribution is 5.87. The Morgan fingerprint density at radius 3 is 2.75 bits per heavy atom. The molecule has 16 heavy (non-hydrogen) atoms. The Balaban J connectivity index is 2.45. The van der Waals surface area contributed by atoms with Crippen molar-refractivity contribution in [2.24, 2.45) is 4.99 Å². The van der Waals surface area contributed by atoms with Gasteiger partial charge in [0.1, 0.15) is 0 Å². The first-order valence-electron chi connectivity index (χ1n) is 5.28. The summed E-state index contributed by atoms with van der Waals surface area (Å²) in [7, 11) is 0. The summed E-state index contributed by atoms with van der Waals surface area (Å²) in [5.74, 6) is 0.854. The number of pyridine rings is 1. The predicted molar refractivity (Wildman–Crippen MR) is 67.2 cm³/mol. The van der Waals surface area contributed by atoms with Gasteiger partial charge in [-0.1, -0.05) is 6.07 Å². The fourth-order valence-electron chi connectivity index (χ4n) is 1.12. The highest BCUT2D eigenvalue weighted by atomic mass is 15.0. The Hall–Kier alpha value is -1.71. The third kappa shape index (κ3) is 4.68. The quantitative estimate of drug-likeness (QED) is 0.599. The largest absolute Gasteiger partial charge is 0.369 e. The number of nitrogens with zero attached hydrogens (tertiary/aromatic N) is 2. The second kappa shape index (κ2) is 6.00. The van der Waals surface area contributed by atoms with E-state index in [-0.39, 0.29) is 0 Å². The second-order valence-corrected chi connectivity index (χ2v) is 3.84. The summed E-state index contributed by atoms with van der Waals surface area (Å²) in [6.07, 6.45) is 1.84. The number of hydrogen-bond donors (Lipinski definition) is 2. The molecule has 0 bridgehead atoms. The average Bonchev–Trinajstić information content (AvgIpc) is 2.25. The van der Waals surface area contributed by atoms with Gasteiger partial charge in [-0.2, -0.15) is 0 Å². The van der Waals surface area contributed by atoms with Gasteiger partial charge >= 0.3 is 0 Å². The highest BCUT2D eigenvalue weighted by Crippen LogP contribution is 2.00. The van der Waals surface area contributed by atoms with Crippen molar-refractivity contribution in [3.63, 3.8) is 0 Å². The Bertz CT molecular complexity index is 379. The van der Waals surface area contributed by atoms with Gasteiger partial charge in [-0.3, -0.25) is 9.98 Å². The van der Waals surface area contributed by atoms with Crippen molar-refractivity contribution in [3.05, 3.63) is 29.6 Å². The van der Waals surface area contributed by atoms with Gasteiger partial charge in [0.25, 0.3) is 0 Å². The molecule has 0 unspecified atom stereocenters. The maximum Gasteiger partial charge on any atom is 0.0938 e. The van der Waals surface area contributed by atoms with Crippen LogP contribution in [0.1, 0.15) is 25.1 Å². The normalized spacial score (nSPS) is 11.3. The first-order chi connectivity index (χ1) is 7.58. The molecule has 4 heteroatoms. The van der Waals surface area contributed by atoms with Crippen molar-refractivity contribution in [3.8, 4) is 0 Å². The predicted octanol–water partition coefficient (Wildman–Crippen LogP) is 1.94. The van der Waals surface area contributed by atoms with Gasteiger partial charge in [0.2, 0.25) is 0 Å². The molecular weight excluding hydrogens is 200 g/mol. The smallest absolute Gasteiger partial charge is 0.0938 e. The van der Waals surface area contributed by atoms with Crippen LogP contribution in [0, 0.1) is 12.3 Å². The molecule has 86 valence electrons. The molecule has 0 amide bonds. The van der Waals surface area contributed by atoms with Crippen LogP contribution in [0.4, 0.5) is 0 Å². The molecule has 0 atom stereocenters. The van der Waals surface area contributed by atoms with E-state index in [1.165, 1.54) is 0 Å². The van der Waals surface area contributed by atoms with Gasteiger partial charge < -0.3 is 10.7 Å². The Labute approximate surface area is 96.3 Å². The highest BCUT2D eigenvalue weighted by Gasteiger charge is 1.94. The molecule has 0 saturated carbocycles. The standard InChI is InChI=1S/C12H18N4/c1-9(13)6-15-11(3)16-8-12-5-4-10(2)14-7-12/h4-5,7,13H,6,8H2,1-3H3,(H,15,16). The van der Waals surface area contributed by atoms with E-state index in [2.05, 4.69) is 15.3 Å². The molecule has 1 rings (SSSR count). The second-order valence-electron chi connectivity index (χ2n) is 3.84. The van der Waals surface area contributed by atoms with Crippen LogP contribution in [0.2, 0.25) is 0 Å². The van der Waals surface area contributed by atoms with Crippen molar-refractivity contribution >= 4 is 11.5 Å². The van der Waals surface area contributed by atoms with Crippen molar-refractivity contribution < 1.29 is 0 Å². The van der Waals surface area contributed by atoms with Crippen LogP contribution in [0.3, 0.4) is 0 Å². The summed E-state index contributed by atoms with van der Waals surface area (Å²) in [6.45, 7) is 6.83. The summed E-state index contributed by atoms with van der Waals surface area (Å²) in [6, 6.07) is 4.01. The maximum absolute atomic E-state index is 7.28. The zero-order valence-electron chi connectivity index (χ0n) is 10.0. The zero-order chi connectivity index (χ0) is 12.0. The van der Waals surface area contributed by atoms with E-state index in [4.69, 9.17) is 5.41 Å².